The molecule has 1 heterocycles. The first-order chi connectivity index (χ1) is 15.3. The Morgan fingerprint density at radius 3 is 2.47 bits per heavy atom. The van der Waals surface area contributed by atoms with Crippen molar-refractivity contribution in [2.45, 2.75) is 26.3 Å². The maximum atomic E-state index is 13.3. The van der Waals surface area contributed by atoms with E-state index in [0.29, 0.717) is 27.3 Å². The Bertz CT molecular complexity index is 1110. The average Bonchev–Trinajstić information content (AvgIpc) is 3.23. The van der Waals surface area contributed by atoms with Gasteiger partial charge in [0.1, 0.15) is 16.9 Å². The predicted octanol–water partition coefficient (Wildman–Crippen LogP) is 5.83. The fourth-order valence-electron chi connectivity index (χ4n) is 2.75. The zero-order chi connectivity index (χ0) is 23.3. The molecule has 3 amide bonds. The normalized spacial score (nSPS) is 12.7. The number of rotatable bonds is 7. The van der Waals surface area contributed by atoms with Crippen LogP contribution in [0, 0.1) is 11.7 Å². The van der Waals surface area contributed by atoms with E-state index in [-0.39, 0.29) is 10.9 Å². The molecule has 0 aliphatic carbocycles. The fraction of sp³-hybridized carbons (Fsp3) is 0.238. The van der Waals surface area contributed by atoms with Gasteiger partial charge in [0.15, 0.2) is 0 Å². The van der Waals surface area contributed by atoms with Gasteiger partial charge in [-0.25, -0.2) is 9.18 Å². The number of amides is 3. The van der Waals surface area contributed by atoms with Crippen molar-refractivity contribution in [2.75, 3.05) is 10.6 Å². The molecule has 0 saturated heterocycles. The molecule has 11 heteroatoms. The summed E-state index contributed by atoms with van der Waals surface area (Å²) in [6, 6.07) is 9.45. The minimum atomic E-state index is -0.834. The number of nitrogens with zero attached hydrogens (tertiary/aromatic N) is 2. The molecule has 0 saturated carbocycles. The molecule has 0 radical (unpaired) electrons. The Kier molecular flexibility index (Phi) is 8.00. The van der Waals surface area contributed by atoms with Crippen LogP contribution in [0.1, 0.15) is 20.3 Å². The van der Waals surface area contributed by atoms with E-state index >= 15 is 0 Å². The van der Waals surface area contributed by atoms with Crippen LogP contribution in [0.4, 0.5) is 20.0 Å². The van der Waals surface area contributed by atoms with E-state index in [1.165, 1.54) is 23.5 Å². The van der Waals surface area contributed by atoms with Crippen LogP contribution in [0.2, 0.25) is 10.0 Å². The number of carbonyl (C=O) groups is 2. The molecular weight excluding hydrogens is 476 g/mol. The number of anilines is 2. The standard InChI is InChI=1S/C21H20Cl2FN5O2S/c1-3-11(2)17(26-20(31)25-14-8-9-16(24)15(23)10-14)18(30)27-21-29-28-19(32-21)12-4-6-13(22)7-5-12/h4-11,17H,3H2,1-2H3,(H2,25,26,31)(H,27,29,30). The molecule has 3 aromatic rings. The predicted molar refractivity (Wildman–Crippen MR) is 126 cm³/mol. The molecule has 168 valence electrons. The van der Waals surface area contributed by atoms with Crippen LogP contribution in [0.5, 0.6) is 0 Å². The van der Waals surface area contributed by atoms with Gasteiger partial charge in [-0.3, -0.25) is 10.1 Å². The van der Waals surface area contributed by atoms with Gasteiger partial charge in [-0.05, 0) is 36.2 Å². The van der Waals surface area contributed by atoms with Gasteiger partial charge in [-0.15, -0.1) is 10.2 Å². The summed E-state index contributed by atoms with van der Waals surface area (Å²) >= 11 is 12.9. The van der Waals surface area contributed by atoms with Crippen molar-refractivity contribution in [1.82, 2.24) is 15.5 Å². The lowest BCUT2D eigenvalue weighted by atomic mass is 9.98. The van der Waals surface area contributed by atoms with Crippen molar-refractivity contribution >= 4 is 57.3 Å². The number of nitrogens with one attached hydrogen (secondary N) is 3. The Balaban J connectivity index is 1.67. The quantitative estimate of drug-likeness (QED) is 0.384. The van der Waals surface area contributed by atoms with Crippen LogP contribution < -0.4 is 16.0 Å². The summed E-state index contributed by atoms with van der Waals surface area (Å²) in [6.45, 7) is 3.76. The van der Waals surface area contributed by atoms with Gasteiger partial charge in [0.2, 0.25) is 11.0 Å². The van der Waals surface area contributed by atoms with Crippen LogP contribution >= 0.6 is 34.5 Å². The topological polar surface area (TPSA) is 96.0 Å². The molecule has 2 aromatic carbocycles. The van der Waals surface area contributed by atoms with Gasteiger partial charge in [0, 0.05) is 16.3 Å². The average molecular weight is 496 g/mol. The van der Waals surface area contributed by atoms with Crippen molar-refractivity contribution in [2.24, 2.45) is 5.92 Å². The van der Waals surface area contributed by atoms with Crippen molar-refractivity contribution < 1.29 is 14.0 Å². The van der Waals surface area contributed by atoms with Gasteiger partial charge in [0.05, 0.1) is 5.02 Å². The molecular formula is C21H20Cl2FN5O2S. The Labute approximate surface area is 198 Å². The molecule has 2 atom stereocenters. The molecule has 0 bridgehead atoms. The highest BCUT2D eigenvalue weighted by atomic mass is 35.5. The van der Waals surface area contributed by atoms with E-state index < -0.39 is 23.8 Å². The number of halogens is 3. The molecule has 3 rings (SSSR count). The van der Waals surface area contributed by atoms with Gasteiger partial charge in [-0.1, -0.05) is 66.9 Å². The number of aromatic nitrogens is 2. The highest BCUT2D eigenvalue weighted by molar-refractivity contribution is 7.18. The summed E-state index contributed by atoms with van der Waals surface area (Å²) < 4.78 is 13.3. The van der Waals surface area contributed by atoms with Crippen molar-refractivity contribution in [3.8, 4) is 10.6 Å². The highest BCUT2D eigenvalue weighted by Crippen LogP contribution is 2.27. The van der Waals surface area contributed by atoms with Crippen LogP contribution in [0.3, 0.4) is 0 Å². The smallest absolute Gasteiger partial charge is 0.319 e. The lowest BCUT2D eigenvalue weighted by molar-refractivity contribution is -0.119. The maximum absolute atomic E-state index is 13.3. The van der Waals surface area contributed by atoms with Crippen molar-refractivity contribution in [3.05, 3.63) is 58.3 Å². The SMILES string of the molecule is CCC(C)C(NC(=O)Nc1ccc(F)c(Cl)c1)C(=O)Nc1nnc(-c2ccc(Cl)cc2)s1. The monoisotopic (exact) mass is 495 g/mol. The summed E-state index contributed by atoms with van der Waals surface area (Å²) in [5.74, 6) is -1.18. The lowest BCUT2D eigenvalue weighted by Crippen LogP contribution is -2.49. The first kappa shape index (κ1) is 23.9. The van der Waals surface area contributed by atoms with Crippen LogP contribution in [0.25, 0.3) is 10.6 Å². The molecule has 0 fully saturated rings. The molecule has 2 unspecified atom stereocenters. The summed E-state index contributed by atoms with van der Waals surface area (Å²) in [4.78, 5) is 25.3. The lowest BCUT2D eigenvalue weighted by Gasteiger charge is -2.23. The Morgan fingerprint density at radius 1 is 1.09 bits per heavy atom. The second kappa shape index (κ2) is 10.7. The van der Waals surface area contributed by atoms with E-state index in [2.05, 4.69) is 26.1 Å². The molecule has 3 N–H and O–H groups in total. The van der Waals surface area contributed by atoms with E-state index in [1.54, 1.807) is 12.1 Å². The number of urea groups is 1. The number of hydrogen-bond donors (Lipinski definition) is 3. The summed E-state index contributed by atoms with van der Waals surface area (Å²) in [7, 11) is 0. The molecule has 0 aliphatic heterocycles. The third kappa shape index (κ3) is 6.15. The van der Waals surface area contributed by atoms with Gasteiger partial charge in [-0.2, -0.15) is 0 Å². The van der Waals surface area contributed by atoms with Crippen LogP contribution in [-0.2, 0) is 4.79 Å². The minimum absolute atomic E-state index is 0.119. The van der Waals surface area contributed by atoms with E-state index in [1.807, 2.05) is 26.0 Å². The molecule has 0 aliphatic rings. The molecule has 0 spiro atoms. The first-order valence-corrected chi connectivity index (χ1v) is 11.3. The van der Waals surface area contributed by atoms with E-state index in [9.17, 15) is 14.0 Å². The molecule has 1 aromatic heterocycles. The van der Waals surface area contributed by atoms with E-state index in [0.717, 1.165) is 11.6 Å². The third-order valence-electron chi connectivity index (χ3n) is 4.71. The highest BCUT2D eigenvalue weighted by Gasteiger charge is 2.27. The number of hydrogen-bond acceptors (Lipinski definition) is 5. The second-order valence-corrected chi connectivity index (χ2v) is 8.82. The minimum Gasteiger partial charge on any atom is -0.326 e. The Hall–Kier alpha value is -2.75. The summed E-state index contributed by atoms with van der Waals surface area (Å²) in [6.07, 6.45) is 0.646. The van der Waals surface area contributed by atoms with Crippen LogP contribution in [-0.4, -0.2) is 28.2 Å². The fourth-order valence-corrected chi connectivity index (χ4v) is 3.81. The zero-order valence-electron chi connectivity index (χ0n) is 17.2. The van der Waals surface area contributed by atoms with Gasteiger partial charge < -0.3 is 10.6 Å². The largest absolute Gasteiger partial charge is 0.326 e. The molecule has 7 nitrogen and oxygen atoms in total. The third-order valence-corrected chi connectivity index (χ3v) is 6.14. The van der Waals surface area contributed by atoms with Gasteiger partial charge >= 0.3 is 6.03 Å². The zero-order valence-corrected chi connectivity index (χ0v) is 19.5. The van der Waals surface area contributed by atoms with Crippen molar-refractivity contribution in [1.29, 1.82) is 0 Å². The number of carbonyl (C=O) groups excluding carboxylic acids is 2. The number of benzene rings is 2. The maximum Gasteiger partial charge on any atom is 0.319 e. The van der Waals surface area contributed by atoms with Crippen LogP contribution in [0.15, 0.2) is 42.5 Å². The summed E-state index contributed by atoms with van der Waals surface area (Å²) in [5.41, 5.74) is 1.12. The molecule has 32 heavy (non-hydrogen) atoms. The van der Waals surface area contributed by atoms with Crippen molar-refractivity contribution in [3.63, 3.8) is 0 Å². The van der Waals surface area contributed by atoms with E-state index in [4.69, 9.17) is 23.2 Å². The second-order valence-electron chi connectivity index (χ2n) is 7.00. The van der Waals surface area contributed by atoms with Gasteiger partial charge in [0.25, 0.3) is 0 Å². The first-order valence-electron chi connectivity index (χ1n) is 9.69. The Morgan fingerprint density at radius 2 is 1.81 bits per heavy atom. The summed E-state index contributed by atoms with van der Waals surface area (Å²) in [5, 5.41) is 17.4.